The highest BCUT2D eigenvalue weighted by Gasteiger charge is 2.61. The lowest BCUT2D eigenvalue weighted by atomic mass is 10.2. The molecule has 164 valence electrons. The Morgan fingerprint density at radius 2 is 1.97 bits per heavy atom. The first-order valence-electron chi connectivity index (χ1n) is 9.99. The van der Waals surface area contributed by atoms with Gasteiger partial charge in [0.2, 0.25) is 11.9 Å². The van der Waals surface area contributed by atoms with Crippen LogP contribution >= 0.6 is 0 Å². The number of halogens is 2. The molecule has 1 atom stereocenters. The van der Waals surface area contributed by atoms with E-state index in [0.717, 1.165) is 0 Å². The van der Waals surface area contributed by atoms with Crippen molar-refractivity contribution >= 4 is 29.3 Å². The van der Waals surface area contributed by atoms with Crippen LogP contribution in [0.5, 0.6) is 0 Å². The number of benzene rings is 1. The summed E-state index contributed by atoms with van der Waals surface area (Å²) in [6.07, 6.45) is 2.63. The standard InChI is InChI=1S/C22H20F2N6O2/c1-2-25-19(31)13-4-3-5-15(10-13)28-21-26-9-8-17(29-21)14-6-7-18(27-12-14)30-20(32)16-11-22(16,23)24/h3-10,12,16H,2,11H2,1H3,(H,25,31)(H,26,28,29)(H,27,30,32)/t16-/m0/s1. The zero-order chi connectivity index (χ0) is 22.7. The largest absolute Gasteiger partial charge is 0.352 e. The Labute approximate surface area is 182 Å². The van der Waals surface area contributed by atoms with Gasteiger partial charge in [-0.1, -0.05) is 6.07 Å². The van der Waals surface area contributed by atoms with E-state index in [9.17, 15) is 18.4 Å². The second-order valence-electron chi connectivity index (χ2n) is 7.27. The third kappa shape index (κ3) is 4.85. The molecule has 4 rings (SSSR count). The van der Waals surface area contributed by atoms with Crippen molar-refractivity contribution < 1.29 is 18.4 Å². The number of pyridine rings is 1. The minimum atomic E-state index is -2.92. The molecule has 32 heavy (non-hydrogen) atoms. The molecule has 2 amide bonds. The molecule has 1 saturated carbocycles. The number of aromatic nitrogens is 3. The Bertz CT molecular complexity index is 1150. The Balaban J connectivity index is 1.44. The van der Waals surface area contributed by atoms with Crippen molar-refractivity contribution in [2.75, 3.05) is 17.2 Å². The molecule has 2 heterocycles. The van der Waals surface area contributed by atoms with Crippen molar-refractivity contribution in [2.24, 2.45) is 5.92 Å². The van der Waals surface area contributed by atoms with E-state index in [1.165, 1.54) is 12.3 Å². The van der Waals surface area contributed by atoms with Gasteiger partial charge < -0.3 is 16.0 Å². The van der Waals surface area contributed by atoms with Crippen LogP contribution in [0.2, 0.25) is 0 Å². The van der Waals surface area contributed by atoms with Crippen LogP contribution in [-0.4, -0.2) is 39.2 Å². The van der Waals surface area contributed by atoms with Crippen LogP contribution in [0.4, 0.5) is 26.2 Å². The van der Waals surface area contributed by atoms with Gasteiger partial charge >= 0.3 is 0 Å². The second kappa shape index (κ2) is 8.66. The van der Waals surface area contributed by atoms with Gasteiger partial charge in [0.05, 0.1) is 5.69 Å². The third-order valence-electron chi connectivity index (χ3n) is 4.83. The molecule has 1 aromatic carbocycles. The lowest BCUT2D eigenvalue weighted by Crippen LogP contribution is -2.22. The molecule has 2 aromatic heterocycles. The predicted molar refractivity (Wildman–Crippen MR) is 115 cm³/mol. The zero-order valence-corrected chi connectivity index (χ0v) is 17.1. The first kappa shape index (κ1) is 21.3. The maximum absolute atomic E-state index is 13.0. The molecular formula is C22H20F2N6O2. The smallest absolute Gasteiger partial charge is 0.260 e. The molecule has 0 unspecified atom stereocenters. The van der Waals surface area contributed by atoms with Crippen LogP contribution in [0.25, 0.3) is 11.3 Å². The highest BCUT2D eigenvalue weighted by Crippen LogP contribution is 2.49. The topological polar surface area (TPSA) is 109 Å². The van der Waals surface area contributed by atoms with Gasteiger partial charge in [-0.15, -0.1) is 0 Å². The number of nitrogens with one attached hydrogen (secondary N) is 3. The fraction of sp³-hybridized carbons (Fsp3) is 0.227. The molecule has 0 spiro atoms. The average molecular weight is 438 g/mol. The number of carbonyl (C=O) groups excluding carboxylic acids is 2. The summed E-state index contributed by atoms with van der Waals surface area (Å²) in [7, 11) is 0. The summed E-state index contributed by atoms with van der Waals surface area (Å²) in [4.78, 5) is 36.6. The van der Waals surface area contributed by atoms with E-state index in [0.29, 0.717) is 35.0 Å². The van der Waals surface area contributed by atoms with E-state index >= 15 is 0 Å². The van der Waals surface area contributed by atoms with Gasteiger partial charge in [-0.25, -0.2) is 23.7 Å². The number of nitrogens with zero attached hydrogens (tertiary/aromatic N) is 3. The van der Waals surface area contributed by atoms with Gasteiger partial charge in [-0.3, -0.25) is 9.59 Å². The number of anilines is 3. The summed E-state index contributed by atoms with van der Waals surface area (Å²) in [5.41, 5.74) is 2.39. The fourth-order valence-corrected chi connectivity index (χ4v) is 3.04. The van der Waals surface area contributed by atoms with Gasteiger partial charge in [0.1, 0.15) is 11.7 Å². The Morgan fingerprint density at radius 1 is 1.16 bits per heavy atom. The number of hydrogen-bond donors (Lipinski definition) is 3. The van der Waals surface area contributed by atoms with Crippen molar-refractivity contribution in [3.8, 4) is 11.3 Å². The first-order valence-corrected chi connectivity index (χ1v) is 9.99. The molecular weight excluding hydrogens is 418 g/mol. The molecule has 0 bridgehead atoms. The highest BCUT2D eigenvalue weighted by molar-refractivity contribution is 5.95. The molecule has 1 fully saturated rings. The molecule has 0 radical (unpaired) electrons. The summed E-state index contributed by atoms with van der Waals surface area (Å²) >= 11 is 0. The van der Waals surface area contributed by atoms with E-state index in [-0.39, 0.29) is 11.7 Å². The van der Waals surface area contributed by atoms with Crippen molar-refractivity contribution in [3.05, 3.63) is 60.4 Å². The lowest BCUT2D eigenvalue weighted by molar-refractivity contribution is -0.119. The summed E-state index contributed by atoms with van der Waals surface area (Å²) in [5, 5.41) is 8.21. The highest BCUT2D eigenvalue weighted by atomic mass is 19.3. The van der Waals surface area contributed by atoms with Crippen molar-refractivity contribution in [3.63, 3.8) is 0 Å². The number of carbonyl (C=O) groups is 2. The lowest BCUT2D eigenvalue weighted by Gasteiger charge is -2.09. The van der Waals surface area contributed by atoms with Crippen molar-refractivity contribution in [2.45, 2.75) is 19.3 Å². The monoisotopic (exact) mass is 438 g/mol. The van der Waals surface area contributed by atoms with E-state index in [4.69, 9.17) is 0 Å². The average Bonchev–Trinajstić information content (AvgIpc) is 3.43. The molecule has 8 nitrogen and oxygen atoms in total. The fourth-order valence-electron chi connectivity index (χ4n) is 3.04. The molecule has 1 aliphatic rings. The number of amides is 2. The predicted octanol–water partition coefficient (Wildman–Crippen LogP) is 3.63. The number of rotatable bonds is 7. The Morgan fingerprint density at radius 3 is 2.66 bits per heavy atom. The Hall–Kier alpha value is -3.95. The number of hydrogen-bond acceptors (Lipinski definition) is 6. The third-order valence-corrected chi connectivity index (χ3v) is 4.83. The van der Waals surface area contributed by atoms with Crippen LogP contribution in [0.3, 0.4) is 0 Å². The van der Waals surface area contributed by atoms with Crippen molar-refractivity contribution in [1.29, 1.82) is 0 Å². The maximum Gasteiger partial charge on any atom is 0.260 e. The molecule has 0 aliphatic heterocycles. The van der Waals surface area contributed by atoms with Crippen LogP contribution in [0, 0.1) is 5.92 Å². The molecule has 0 saturated heterocycles. The van der Waals surface area contributed by atoms with E-state index < -0.39 is 24.2 Å². The van der Waals surface area contributed by atoms with Crippen LogP contribution in [-0.2, 0) is 4.79 Å². The zero-order valence-electron chi connectivity index (χ0n) is 17.1. The molecule has 3 N–H and O–H groups in total. The summed E-state index contributed by atoms with van der Waals surface area (Å²) in [6, 6.07) is 11.9. The van der Waals surface area contributed by atoms with Crippen LogP contribution in [0.15, 0.2) is 54.9 Å². The van der Waals surface area contributed by atoms with Crippen molar-refractivity contribution in [1.82, 2.24) is 20.3 Å². The summed E-state index contributed by atoms with van der Waals surface area (Å²) in [6.45, 7) is 2.38. The SMILES string of the molecule is CCNC(=O)c1cccc(Nc2nccc(-c3ccc(NC(=O)[C@@H]4CC4(F)F)nc3)n2)c1. The van der Waals surface area contributed by atoms with Gasteiger partial charge in [-0.05, 0) is 43.3 Å². The van der Waals surface area contributed by atoms with Gasteiger partial charge in [0, 0.05) is 42.2 Å². The van der Waals surface area contributed by atoms with E-state index in [2.05, 4.69) is 30.9 Å². The minimum absolute atomic E-state index is 0.172. The van der Waals surface area contributed by atoms with E-state index in [1.807, 2.05) is 6.92 Å². The molecule has 3 aromatic rings. The summed E-state index contributed by atoms with van der Waals surface area (Å²) in [5.74, 6) is -4.60. The van der Waals surface area contributed by atoms with Crippen LogP contribution in [0.1, 0.15) is 23.7 Å². The Kier molecular flexibility index (Phi) is 5.76. The maximum atomic E-state index is 13.0. The minimum Gasteiger partial charge on any atom is -0.352 e. The van der Waals surface area contributed by atoms with E-state index in [1.54, 1.807) is 42.6 Å². The molecule has 1 aliphatic carbocycles. The normalized spacial score (nSPS) is 16.2. The van der Waals surface area contributed by atoms with Crippen LogP contribution < -0.4 is 16.0 Å². The number of alkyl halides is 2. The first-order chi connectivity index (χ1) is 15.4. The van der Waals surface area contributed by atoms with Gasteiger partial charge in [0.25, 0.3) is 11.8 Å². The van der Waals surface area contributed by atoms with Gasteiger partial charge in [-0.2, -0.15) is 0 Å². The summed E-state index contributed by atoms with van der Waals surface area (Å²) < 4.78 is 26.0. The second-order valence-corrected chi connectivity index (χ2v) is 7.27. The quantitative estimate of drug-likeness (QED) is 0.520. The molecule has 10 heteroatoms. The van der Waals surface area contributed by atoms with Gasteiger partial charge in [0.15, 0.2) is 0 Å².